The predicted octanol–water partition coefficient (Wildman–Crippen LogP) is 5.33. The summed E-state index contributed by atoms with van der Waals surface area (Å²) in [6, 6.07) is 15.1. The van der Waals surface area contributed by atoms with Crippen molar-refractivity contribution in [1.82, 2.24) is 0 Å². The topological polar surface area (TPSA) is 98.5 Å². The molecular formula is C21H17ClN2O5S. The number of benzene rings is 2. The van der Waals surface area contributed by atoms with Crippen molar-refractivity contribution in [3.63, 3.8) is 0 Å². The SMILES string of the molecule is CCOC(=O)c1sc(-c2ccccc2)cc1NC(=O)Cc1cc([N+](=O)[O-])ccc1Cl. The van der Waals surface area contributed by atoms with Gasteiger partial charge < -0.3 is 10.1 Å². The van der Waals surface area contributed by atoms with Crippen LogP contribution in [0.5, 0.6) is 0 Å². The molecule has 30 heavy (non-hydrogen) atoms. The molecule has 0 fully saturated rings. The molecule has 1 amide bonds. The zero-order chi connectivity index (χ0) is 21.7. The van der Waals surface area contributed by atoms with Gasteiger partial charge >= 0.3 is 5.97 Å². The third-order valence-electron chi connectivity index (χ3n) is 4.12. The summed E-state index contributed by atoms with van der Waals surface area (Å²) >= 11 is 7.29. The highest BCUT2D eigenvalue weighted by Crippen LogP contribution is 2.35. The molecule has 1 N–H and O–H groups in total. The molecule has 0 aliphatic rings. The van der Waals surface area contributed by atoms with E-state index >= 15 is 0 Å². The minimum atomic E-state index is -0.554. The van der Waals surface area contributed by atoms with Crippen molar-refractivity contribution in [3.8, 4) is 10.4 Å². The molecule has 0 spiro atoms. The highest BCUT2D eigenvalue weighted by molar-refractivity contribution is 7.18. The van der Waals surface area contributed by atoms with Gasteiger partial charge in [-0.3, -0.25) is 14.9 Å². The number of nitro groups is 1. The van der Waals surface area contributed by atoms with Crippen molar-refractivity contribution in [2.75, 3.05) is 11.9 Å². The number of carbonyl (C=O) groups is 2. The molecule has 7 nitrogen and oxygen atoms in total. The number of hydrogen-bond acceptors (Lipinski definition) is 6. The van der Waals surface area contributed by atoms with Crippen LogP contribution in [0.25, 0.3) is 10.4 Å². The summed E-state index contributed by atoms with van der Waals surface area (Å²) in [4.78, 5) is 36.5. The first-order valence-electron chi connectivity index (χ1n) is 8.98. The second kappa shape index (κ2) is 9.51. The summed E-state index contributed by atoms with van der Waals surface area (Å²) in [6.45, 7) is 1.90. The van der Waals surface area contributed by atoms with E-state index in [1.165, 1.54) is 29.5 Å². The Labute approximate surface area is 181 Å². The quantitative estimate of drug-likeness (QED) is 0.301. The maximum atomic E-state index is 12.6. The van der Waals surface area contributed by atoms with Gasteiger partial charge in [-0.05, 0) is 30.2 Å². The Balaban J connectivity index is 1.87. The molecule has 154 valence electrons. The zero-order valence-corrected chi connectivity index (χ0v) is 17.5. The van der Waals surface area contributed by atoms with Gasteiger partial charge in [0, 0.05) is 22.0 Å². The lowest BCUT2D eigenvalue weighted by Crippen LogP contribution is -2.16. The Kier molecular flexibility index (Phi) is 6.81. The number of nitrogens with one attached hydrogen (secondary N) is 1. The standard InChI is InChI=1S/C21H17ClN2O5S/c1-2-29-21(26)20-17(12-18(30-20)13-6-4-3-5-7-13)23-19(25)11-14-10-15(24(27)28)8-9-16(14)22/h3-10,12H,2,11H2,1H3,(H,23,25). The number of non-ortho nitro benzene ring substituents is 1. The highest BCUT2D eigenvalue weighted by Gasteiger charge is 2.21. The first-order chi connectivity index (χ1) is 14.4. The minimum absolute atomic E-state index is 0.156. The first-order valence-corrected chi connectivity index (χ1v) is 10.2. The summed E-state index contributed by atoms with van der Waals surface area (Å²) in [5.74, 6) is -0.992. The van der Waals surface area contributed by atoms with Gasteiger partial charge in [-0.25, -0.2) is 4.79 Å². The molecule has 0 atom stereocenters. The molecule has 2 aromatic carbocycles. The van der Waals surface area contributed by atoms with Crippen LogP contribution >= 0.6 is 22.9 Å². The second-order valence-electron chi connectivity index (χ2n) is 6.20. The Morgan fingerprint density at radius 1 is 1.17 bits per heavy atom. The number of nitro benzene ring substituents is 1. The van der Waals surface area contributed by atoms with E-state index in [1.807, 2.05) is 30.3 Å². The number of amides is 1. The molecule has 3 aromatic rings. The van der Waals surface area contributed by atoms with Crippen LogP contribution in [-0.2, 0) is 16.0 Å². The summed E-state index contributed by atoms with van der Waals surface area (Å²) < 4.78 is 5.10. The van der Waals surface area contributed by atoms with Gasteiger partial charge in [0.05, 0.1) is 23.6 Å². The van der Waals surface area contributed by atoms with Crippen LogP contribution in [0.2, 0.25) is 5.02 Å². The Morgan fingerprint density at radius 3 is 2.57 bits per heavy atom. The number of nitrogens with zero attached hydrogens (tertiary/aromatic N) is 1. The van der Waals surface area contributed by atoms with E-state index in [9.17, 15) is 19.7 Å². The molecular weight excluding hydrogens is 428 g/mol. The smallest absolute Gasteiger partial charge is 0.350 e. The molecule has 9 heteroatoms. The summed E-state index contributed by atoms with van der Waals surface area (Å²) in [5.41, 5.74) is 1.38. The van der Waals surface area contributed by atoms with Crippen molar-refractivity contribution >= 4 is 46.2 Å². The van der Waals surface area contributed by atoms with E-state index in [0.29, 0.717) is 11.3 Å². The van der Waals surface area contributed by atoms with Gasteiger partial charge in [0.15, 0.2) is 0 Å². The Morgan fingerprint density at radius 2 is 1.90 bits per heavy atom. The van der Waals surface area contributed by atoms with Crippen LogP contribution in [0.15, 0.2) is 54.6 Å². The largest absolute Gasteiger partial charge is 0.462 e. The highest BCUT2D eigenvalue weighted by atomic mass is 35.5. The maximum Gasteiger partial charge on any atom is 0.350 e. The molecule has 3 rings (SSSR count). The summed E-state index contributed by atoms with van der Waals surface area (Å²) in [5, 5.41) is 13.9. The van der Waals surface area contributed by atoms with Gasteiger partial charge in [0.25, 0.3) is 5.69 Å². The second-order valence-corrected chi connectivity index (χ2v) is 7.66. The van der Waals surface area contributed by atoms with Crippen LogP contribution in [0.3, 0.4) is 0 Å². The molecule has 0 aliphatic heterocycles. The van der Waals surface area contributed by atoms with Crippen molar-refractivity contribution in [2.45, 2.75) is 13.3 Å². The minimum Gasteiger partial charge on any atom is -0.462 e. The normalized spacial score (nSPS) is 10.5. The lowest BCUT2D eigenvalue weighted by molar-refractivity contribution is -0.384. The Bertz CT molecular complexity index is 1100. The third kappa shape index (κ3) is 5.03. The molecule has 0 saturated heterocycles. The number of hydrogen-bond donors (Lipinski definition) is 1. The van der Waals surface area contributed by atoms with Crippen molar-refractivity contribution in [3.05, 3.63) is 80.2 Å². The zero-order valence-electron chi connectivity index (χ0n) is 15.9. The van der Waals surface area contributed by atoms with Crippen molar-refractivity contribution in [1.29, 1.82) is 0 Å². The van der Waals surface area contributed by atoms with Crippen LogP contribution in [0.1, 0.15) is 22.2 Å². The first kappa shape index (κ1) is 21.5. The fourth-order valence-corrected chi connectivity index (χ4v) is 3.95. The number of esters is 1. The van der Waals surface area contributed by atoms with Crippen molar-refractivity contribution < 1.29 is 19.2 Å². The molecule has 1 heterocycles. The number of anilines is 1. The van der Waals surface area contributed by atoms with Gasteiger partial charge in [0.1, 0.15) is 4.88 Å². The number of rotatable bonds is 7. The number of ether oxygens (including phenoxy) is 1. The average molecular weight is 445 g/mol. The Hall–Kier alpha value is -3.23. The van der Waals surface area contributed by atoms with Crippen LogP contribution in [0.4, 0.5) is 11.4 Å². The van der Waals surface area contributed by atoms with E-state index in [-0.39, 0.29) is 28.6 Å². The maximum absolute atomic E-state index is 12.6. The lowest BCUT2D eigenvalue weighted by Gasteiger charge is -2.07. The van der Waals surface area contributed by atoms with Crippen LogP contribution in [-0.4, -0.2) is 23.4 Å². The molecule has 0 unspecified atom stereocenters. The number of halogens is 1. The number of carbonyl (C=O) groups excluding carboxylic acids is 2. The number of thiophene rings is 1. The summed E-state index contributed by atoms with van der Waals surface area (Å²) in [7, 11) is 0. The molecule has 0 radical (unpaired) electrons. The fraction of sp³-hybridized carbons (Fsp3) is 0.143. The van der Waals surface area contributed by atoms with E-state index in [0.717, 1.165) is 10.4 Å². The van der Waals surface area contributed by atoms with Crippen LogP contribution < -0.4 is 5.32 Å². The fourth-order valence-electron chi connectivity index (χ4n) is 2.75. The van der Waals surface area contributed by atoms with Gasteiger partial charge in [-0.2, -0.15) is 0 Å². The predicted molar refractivity (Wildman–Crippen MR) is 116 cm³/mol. The van der Waals surface area contributed by atoms with E-state index in [1.54, 1.807) is 13.0 Å². The van der Waals surface area contributed by atoms with Gasteiger partial charge in [0.2, 0.25) is 5.91 Å². The molecule has 1 aromatic heterocycles. The molecule has 0 saturated carbocycles. The van der Waals surface area contributed by atoms with E-state index < -0.39 is 16.8 Å². The van der Waals surface area contributed by atoms with Crippen LogP contribution in [0, 0.1) is 10.1 Å². The van der Waals surface area contributed by atoms with E-state index in [4.69, 9.17) is 16.3 Å². The molecule has 0 aliphatic carbocycles. The lowest BCUT2D eigenvalue weighted by atomic mass is 10.1. The molecule has 0 bridgehead atoms. The summed E-state index contributed by atoms with van der Waals surface area (Å²) in [6.07, 6.45) is -0.181. The van der Waals surface area contributed by atoms with E-state index in [2.05, 4.69) is 5.32 Å². The third-order valence-corrected chi connectivity index (χ3v) is 5.65. The average Bonchev–Trinajstić information content (AvgIpc) is 3.14. The monoisotopic (exact) mass is 444 g/mol. The van der Waals surface area contributed by atoms with Crippen molar-refractivity contribution in [2.24, 2.45) is 0 Å². The van der Waals surface area contributed by atoms with Gasteiger partial charge in [-0.15, -0.1) is 11.3 Å². The van der Waals surface area contributed by atoms with Gasteiger partial charge in [-0.1, -0.05) is 41.9 Å².